The van der Waals surface area contributed by atoms with Crippen molar-refractivity contribution in [1.82, 2.24) is 0 Å². The first-order valence-corrected chi connectivity index (χ1v) is 9.48. The molecule has 1 aliphatic heterocycles. The lowest BCUT2D eigenvalue weighted by Gasteiger charge is -2.38. The Labute approximate surface area is 167 Å². The number of nitro groups is 1. The van der Waals surface area contributed by atoms with E-state index in [0.29, 0.717) is 42.0 Å². The zero-order valence-electron chi connectivity index (χ0n) is 16.0. The molecule has 7 heteroatoms. The van der Waals surface area contributed by atoms with E-state index in [0.717, 1.165) is 5.56 Å². The fraction of sp³-hybridized carbons (Fsp3) is 0.273. The van der Waals surface area contributed by atoms with Crippen LogP contribution < -0.4 is 9.64 Å². The van der Waals surface area contributed by atoms with Crippen LogP contribution in [0.25, 0.3) is 0 Å². The van der Waals surface area contributed by atoms with Gasteiger partial charge in [0.05, 0.1) is 17.7 Å². The zero-order chi connectivity index (χ0) is 20.5. The number of anilines is 1. The van der Waals surface area contributed by atoms with Gasteiger partial charge in [-0.05, 0) is 25.0 Å². The molecule has 0 bridgehead atoms. The fourth-order valence-corrected chi connectivity index (χ4v) is 4.26. The minimum Gasteiger partial charge on any atom is -0.496 e. The van der Waals surface area contributed by atoms with Gasteiger partial charge in [0.1, 0.15) is 5.75 Å². The molecule has 1 aliphatic carbocycles. The number of para-hydroxylation sites is 1. The standard InChI is InChI=1S/C22H20N2O5/c1-29-20-11-3-2-8-16(20)17-13-21(26)23(18-9-5-10-19(25)22(17)18)14-6-4-7-15(12-14)24(27)28/h2-4,6-8,11-12,17H,5,9-10,13H2,1H3. The quantitative estimate of drug-likeness (QED) is 0.576. The monoisotopic (exact) mass is 392 g/mol. The molecule has 0 spiro atoms. The molecule has 2 aliphatic rings. The molecule has 29 heavy (non-hydrogen) atoms. The molecular formula is C22H20N2O5. The van der Waals surface area contributed by atoms with Crippen LogP contribution in [-0.2, 0) is 9.59 Å². The number of hydrogen-bond donors (Lipinski definition) is 0. The van der Waals surface area contributed by atoms with E-state index in [-0.39, 0.29) is 29.7 Å². The Morgan fingerprint density at radius 2 is 1.90 bits per heavy atom. The maximum Gasteiger partial charge on any atom is 0.271 e. The molecule has 0 aromatic heterocycles. The summed E-state index contributed by atoms with van der Waals surface area (Å²) in [5, 5.41) is 11.2. The van der Waals surface area contributed by atoms with Gasteiger partial charge in [-0.25, -0.2) is 0 Å². The summed E-state index contributed by atoms with van der Waals surface area (Å²) < 4.78 is 5.47. The predicted octanol–water partition coefficient (Wildman–Crippen LogP) is 4.13. The molecule has 1 amide bonds. The highest BCUT2D eigenvalue weighted by atomic mass is 16.6. The van der Waals surface area contributed by atoms with Crippen molar-refractivity contribution < 1.29 is 19.2 Å². The fourth-order valence-electron chi connectivity index (χ4n) is 4.26. The van der Waals surface area contributed by atoms with E-state index in [9.17, 15) is 19.7 Å². The first-order valence-electron chi connectivity index (χ1n) is 9.48. The molecule has 148 valence electrons. The van der Waals surface area contributed by atoms with Gasteiger partial charge in [0.2, 0.25) is 5.91 Å². The van der Waals surface area contributed by atoms with Crippen LogP contribution in [0.3, 0.4) is 0 Å². The average Bonchev–Trinajstić information content (AvgIpc) is 2.73. The smallest absolute Gasteiger partial charge is 0.271 e. The van der Waals surface area contributed by atoms with Gasteiger partial charge in [-0.1, -0.05) is 24.3 Å². The minimum absolute atomic E-state index is 0.0186. The van der Waals surface area contributed by atoms with Crippen molar-refractivity contribution in [1.29, 1.82) is 0 Å². The second kappa shape index (κ2) is 7.50. The molecule has 0 fully saturated rings. The normalized spacial score (nSPS) is 19.2. The maximum atomic E-state index is 13.2. The van der Waals surface area contributed by atoms with Crippen LogP contribution in [0.2, 0.25) is 0 Å². The Morgan fingerprint density at radius 3 is 2.66 bits per heavy atom. The van der Waals surface area contributed by atoms with Crippen molar-refractivity contribution in [3.8, 4) is 5.75 Å². The van der Waals surface area contributed by atoms with Gasteiger partial charge in [-0.2, -0.15) is 0 Å². The van der Waals surface area contributed by atoms with Crippen LogP contribution >= 0.6 is 0 Å². The van der Waals surface area contributed by atoms with Crippen molar-refractivity contribution in [2.24, 2.45) is 0 Å². The maximum absolute atomic E-state index is 13.2. The number of hydrogen-bond acceptors (Lipinski definition) is 5. The summed E-state index contributed by atoms with van der Waals surface area (Å²) in [7, 11) is 1.57. The predicted molar refractivity (Wildman–Crippen MR) is 107 cm³/mol. The Hall–Kier alpha value is -3.48. The largest absolute Gasteiger partial charge is 0.496 e. The lowest BCUT2D eigenvalue weighted by Crippen LogP contribution is -2.40. The van der Waals surface area contributed by atoms with Gasteiger partial charge in [-0.3, -0.25) is 24.6 Å². The number of carbonyl (C=O) groups is 2. The molecule has 1 heterocycles. The third-order valence-electron chi connectivity index (χ3n) is 5.49. The highest BCUT2D eigenvalue weighted by Gasteiger charge is 2.40. The third kappa shape index (κ3) is 3.29. The van der Waals surface area contributed by atoms with Crippen molar-refractivity contribution in [3.63, 3.8) is 0 Å². The third-order valence-corrected chi connectivity index (χ3v) is 5.49. The van der Waals surface area contributed by atoms with E-state index < -0.39 is 4.92 Å². The number of non-ortho nitro benzene ring substituents is 1. The van der Waals surface area contributed by atoms with Crippen LogP contribution in [0.1, 0.15) is 37.2 Å². The van der Waals surface area contributed by atoms with E-state index in [1.807, 2.05) is 24.3 Å². The number of ketones is 1. The molecule has 0 saturated carbocycles. The lowest BCUT2D eigenvalue weighted by molar-refractivity contribution is -0.384. The van der Waals surface area contributed by atoms with E-state index in [1.54, 1.807) is 19.2 Å². The molecular weight excluding hydrogens is 372 g/mol. The number of amides is 1. The number of benzene rings is 2. The van der Waals surface area contributed by atoms with Gasteiger partial charge < -0.3 is 4.74 Å². The topological polar surface area (TPSA) is 89.8 Å². The number of ether oxygens (including phenoxy) is 1. The highest BCUT2D eigenvalue weighted by molar-refractivity contribution is 6.07. The van der Waals surface area contributed by atoms with Crippen LogP contribution in [0.4, 0.5) is 11.4 Å². The Balaban J connectivity index is 1.87. The minimum atomic E-state index is -0.489. The summed E-state index contributed by atoms with van der Waals surface area (Å²) in [6, 6.07) is 13.4. The van der Waals surface area contributed by atoms with Gasteiger partial charge >= 0.3 is 0 Å². The zero-order valence-corrected chi connectivity index (χ0v) is 16.0. The SMILES string of the molecule is COc1ccccc1C1CC(=O)N(c2cccc([N+](=O)[O-])c2)C2=C1C(=O)CCC2. The average molecular weight is 392 g/mol. The summed E-state index contributed by atoms with van der Waals surface area (Å²) >= 11 is 0. The molecule has 0 radical (unpaired) electrons. The summed E-state index contributed by atoms with van der Waals surface area (Å²) in [6.07, 6.45) is 1.76. The Bertz CT molecular complexity index is 1040. The molecule has 4 rings (SSSR count). The Morgan fingerprint density at radius 1 is 1.10 bits per heavy atom. The summed E-state index contributed by atoms with van der Waals surface area (Å²) in [5.74, 6) is 0.0932. The molecule has 1 unspecified atom stereocenters. The number of rotatable bonds is 4. The van der Waals surface area contributed by atoms with E-state index in [4.69, 9.17) is 4.74 Å². The van der Waals surface area contributed by atoms with E-state index in [1.165, 1.54) is 17.0 Å². The number of nitrogens with zero attached hydrogens (tertiary/aromatic N) is 2. The number of allylic oxidation sites excluding steroid dienone is 2. The van der Waals surface area contributed by atoms with Crippen molar-refractivity contribution in [3.05, 3.63) is 75.5 Å². The number of carbonyl (C=O) groups excluding carboxylic acids is 2. The summed E-state index contributed by atoms with van der Waals surface area (Å²) in [6.45, 7) is 0. The first-order chi connectivity index (χ1) is 14.0. The van der Waals surface area contributed by atoms with Crippen LogP contribution in [0, 0.1) is 10.1 Å². The number of nitro benzene ring substituents is 1. The summed E-state index contributed by atoms with van der Waals surface area (Å²) in [5.41, 5.74) is 2.40. The molecule has 1 atom stereocenters. The second-order valence-corrected chi connectivity index (χ2v) is 7.14. The second-order valence-electron chi connectivity index (χ2n) is 7.14. The van der Waals surface area contributed by atoms with Gasteiger partial charge in [0.25, 0.3) is 5.69 Å². The van der Waals surface area contributed by atoms with Gasteiger partial charge in [0, 0.05) is 47.7 Å². The van der Waals surface area contributed by atoms with E-state index in [2.05, 4.69) is 0 Å². The van der Waals surface area contributed by atoms with E-state index >= 15 is 0 Å². The van der Waals surface area contributed by atoms with Crippen molar-refractivity contribution in [2.45, 2.75) is 31.6 Å². The van der Waals surface area contributed by atoms with Crippen LogP contribution in [0.15, 0.2) is 59.8 Å². The van der Waals surface area contributed by atoms with Crippen LogP contribution in [0.5, 0.6) is 5.75 Å². The number of methoxy groups -OCH3 is 1. The molecule has 0 N–H and O–H groups in total. The molecule has 2 aromatic carbocycles. The first kappa shape index (κ1) is 18.9. The highest BCUT2D eigenvalue weighted by Crippen LogP contribution is 2.45. The lowest BCUT2D eigenvalue weighted by atomic mass is 9.77. The summed E-state index contributed by atoms with van der Waals surface area (Å²) in [4.78, 5) is 38.3. The van der Waals surface area contributed by atoms with Crippen molar-refractivity contribution >= 4 is 23.1 Å². The van der Waals surface area contributed by atoms with Crippen LogP contribution in [-0.4, -0.2) is 23.7 Å². The van der Waals surface area contributed by atoms with Crippen molar-refractivity contribution in [2.75, 3.05) is 12.0 Å². The van der Waals surface area contributed by atoms with Gasteiger partial charge in [-0.15, -0.1) is 0 Å². The molecule has 2 aromatic rings. The number of Topliss-reactive ketones (excluding diaryl/α,β-unsaturated/α-hetero) is 1. The Kier molecular flexibility index (Phi) is 4.88. The molecule has 0 saturated heterocycles. The van der Waals surface area contributed by atoms with Gasteiger partial charge in [0.15, 0.2) is 5.78 Å². The molecule has 7 nitrogen and oxygen atoms in total.